The Hall–Kier alpha value is -0.490. The van der Waals surface area contributed by atoms with Gasteiger partial charge in [-0.05, 0) is 26.1 Å². The zero-order valence-corrected chi connectivity index (χ0v) is 14.4. The van der Waals surface area contributed by atoms with Gasteiger partial charge in [0.05, 0.1) is 10.7 Å². The summed E-state index contributed by atoms with van der Waals surface area (Å²) < 4.78 is 0. The summed E-state index contributed by atoms with van der Waals surface area (Å²) in [5.74, 6) is 5.69. The van der Waals surface area contributed by atoms with E-state index in [2.05, 4.69) is 50.3 Å². The molecule has 1 atom stereocenters. The zero-order chi connectivity index (χ0) is 15.2. The van der Waals surface area contributed by atoms with Gasteiger partial charge in [0.1, 0.15) is 0 Å². The molecule has 0 aliphatic heterocycles. The number of nitrogens with zero attached hydrogens (tertiary/aromatic N) is 2. The Morgan fingerprint density at radius 1 is 1.35 bits per heavy atom. The summed E-state index contributed by atoms with van der Waals surface area (Å²) in [6.07, 6.45) is 1.97. The number of hydrogen-bond acceptors (Lipinski definition) is 5. The Kier molecular flexibility index (Phi) is 7.09. The maximum absolute atomic E-state index is 5.69. The normalized spacial score (nSPS) is 13.9. The molecule has 0 spiro atoms. The second kappa shape index (κ2) is 8.08. The first kappa shape index (κ1) is 17.6. The van der Waals surface area contributed by atoms with Crippen molar-refractivity contribution in [3.63, 3.8) is 0 Å². The van der Waals surface area contributed by atoms with Gasteiger partial charge in [-0.3, -0.25) is 11.3 Å². The van der Waals surface area contributed by atoms with Crippen LogP contribution in [-0.2, 0) is 11.8 Å². The van der Waals surface area contributed by atoms with Crippen LogP contribution in [0.3, 0.4) is 0 Å². The molecule has 0 saturated carbocycles. The van der Waals surface area contributed by atoms with Crippen molar-refractivity contribution in [2.45, 2.75) is 58.9 Å². The maximum atomic E-state index is 5.69. The van der Waals surface area contributed by atoms with Gasteiger partial charge in [0, 0.05) is 23.3 Å². The second-order valence-electron chi connectivity index (χ2n) is 6.26. The van der Waals surface area contributed by atoms with Crippen LogP contribution >= 0.6 is 11.3 Å². The number of hydrogen-bond donors (Lipinski definition) is 2. The predicted octanol–water partition coefficient (Wildman–Crippen LogP) is 2.55. The lowest BCUT2D eigenvalue weighted by molar-refractivity contribution is 0.280. The van der Waals surface area contributed by atoms with Crippen molar-refractivity contribution >= 4 is 11.3 Å². The second-order valence-corrected chi connectivity index (χ2v) is 7.20. The van der Waals surface area contributed by atoms with E-state index in [1.54, 1.807) is 11.3 Å². The third-order valence-corrected chi connectivity index (χ3v) is 4.54. The summed E-state index contributed by atoms with van der Waals surface area (Å²) in [6.45, 7) is 14.3. The topological polar surface area (TPSA) is 54.2 Å². The molecule has 0 amide bonds. The summed E-state index contributed by atoms with van der Waals surface area (Å²) in [4.78, 5) is 7.17. The molecule has 1 aromatic heterocycles. The summed E-state index contributed by atoms with van der Waals surface area (Å²) in [7, 11) is 0. The molecule has 116 valence electrons. The Labute approximate surface area is 127 Å². The third-order valence-electron chi connectivity index (χ3n) is 3.67. The van der Waals surface area contributed by atoms with Crippen molar-refractivity contribution in [3.8, 4) is 0 Å². The predicted molar refractivity (Wildman–Crippen MR) is 88.0 cm³/mol. The molecule has 1 unspecified atom stereocenters. The minimum atomic E-state index is 0.127. The molecule has 0 bridgehead atoms. The van der Waals surface area contributed by atoms with E-state index in [4.69, 9.17) is 10.8 Å². The van der Waals surface area contributed by atoms with E-state index >= 15 is 0 Å². The lowest BCUT2D eigenvalue weighted by atomic mass is 9.93. The number of nitrogens with two attached hydrogens (primary N) is 1. The third kappa shape index (κ3) is 5.48. The van der Waals surface area contributed by atoms with E-state index in [-0.39, 0.29) is 5.41 Å². The number of aromatic nitrogens is 1. The molecule has 0 aliphatic rings. The number of thiazole rings is 1. The molecule has 4 nitrogen and oxygen atoms in total. The van der Waals surface area contributed by atoms with Crippen LogP contribution in [0.4, 0.5) is 0 Å². The van der Waals surface area contributed by atoms with Crippen LogP contribution in [-0.4, -0.2) is 35.6 Å². The van der Waals surface area contributed by atoms with E-state index in [1.807, 2.05) is 0 Å². The highest BCUT2D eigenvalue weighted by Crippen LogP contribution is 2.24. The zero-order valence-electron chi connectivity index (χ0n) is 13.6. The quantitative estimate of drug-likeness (QED) is 0.572. The molecule has 3 N–H and O–H groups in total. The Bertz CT molecular complexity index is 379. The molecule has 0 fully saturated rings. The van der Waals surface area contributed by atoms with E-state index in [9.17, 15) is 0 Å². The number of hydrazine groups is 1. The molecule has 1 rings (SSSR count). The van der Waals surface area contributed by atoms with Crippen molar-refractivity contribution in [1.29, 1.82) is 0 Å². The number of nitrogens with one attached hydrogen (secondary N) is 1. The molecule has 0 aliphatic carbocycles. The van der Waals surface area contributed by atoms with E-state index in [1.165, 1.54) is 10.7 Å². The van der Waals surface area contributed by atoms with E-state index in [0.717, 1.165) is 32.5 Å². The van der Waals surface area contributed by atoms with Gasteiger partial charge in [-0.2, -0.15) is 0 Å². The lowest BCUT2D eigenvalue weighted by Crippen LogP contribution is -2.39. The van der Waals surface area contributed by atoms with Crippen LogP contribution in [0, 0.1) is 0 Å². The van der Waals surface area contributed by atoms with Crippen LogP contribution in [0.1, 0.15) is 51.7 Å². The van der Waals surface area contributed by atoms with Gasteiger partial charge >= 0.3 is 0 Å². The molecular formula is C15H30N4S. The molecule has 5 heteroatoms. The van der Waals surface area contributed by atoms with Gasteiger partial charge in [-0.15, -0.1) is 11.3 Å². The highest BCUT2D eigenvalue weighted by Gasteiger charge is 2.19. The highest BCUT2D eigenvalue weighted by atomic mass is 32.1. The average Bonchev–Trinajstić information content (AvgIpc) is 2.87. The Morgan fingerprint density at radius 2 is 2.00 bits per heavy atom. The smallest absolute Gasteiger partial charge is 0.0944 e. The summed E-state index contributed by atoms with van der Waals surface area (Å²) in [5, 5.41) is 3.35. The molecule has 1 aromatic rings. The molecule has 0 aromatic carbocycles. The molecule has 0 saturated heterocycles. The minimum absolute atomic E-state index is 0.127. The van der Waals surface area contributed by atoms with Crippen molar-refractivity contribution < 1.29 is 0 Å². The Morgan fingerprint density at radius 3 is 2.45 bits per heavy atom. The lowest BCUT2D eigenvalue weighted by Gasteiger charge is -2.21. The molecular weight excluding hydrogens is 268 g/mol. The first-order chi connectivity index (χ1) is 9.40. The van der Waals surface area contributed by atoms with Crippen LogP contribution in [0.5, 0.6) is 0 Å². The fraction of sp³-hybridized carbons (Fsp3) is 0.800. The van der Waals surface area contributed by atoms with Crippen LogP contribution in [0.2, 0.25) is 0 Å². The standard InChI is InChI=1S/C15H30N4S/c1-6-19(7-2)9-8-12(18-16)10-14-17-13(11-20-14)15(3,4)5/h11-12,18H,6-10,16H2,1-5H3. The van der Waals surface area contributed by atoms with Gasteiger partial charge in [0.15, 0.2) is 0 Å². The Balaban J connectivity index is 2.53. The molecule has 1 heterocycles. The fourth-order valence-electron chi connectivity index (χ4n) is 2.08. The minimum Gasteiger partial charge on any atom is -0.304 e. The van der Waals surface area contributed by atoms with Crippen LogP contribution < -0.4 is 11.3 Å². The average molecular weight is 298 g/mol. The summed E-state index contributed by atoms with van der Waals surface area (Å²) in [5.41, 5.74) is 4.25. The molecule has 20 heavy (non-hydrogen) atoms. The van der Waals surface area contributed by atoms with Crippen molar-refractivity contribution in [2.24, 2.45) is 5.84 Å². The van der Waals surface area contributed by atoms with E-state index in [0.29, 0.717) is 6.04 Å². The fourth-order valence-corrected chi connectivity index (χ4v) is 3.18. The monoisotopic (exact) mass is 298 g/mol. The van der Waals surface area contributed by atoms with Crippen molar-refractivity contribution in [2.75, 3.05) is 19.6 Å². The van der Waals surface area contributed by atoms with Crippen molar-refractivity contribution in [3.05, 3.63) is 16.1 Å². The SMILES string of the molecule is CCN(CC)CCC(Cc1nc(C(C)(C)C)cs1)NN. The number of rotatable bonds is 8. The maximum Gasteiger partial charge on any atom is 0.0944 e. The van der Waals surface area contributed by atoms with Gasteiger partial charge in [0.2, 0.25) is 0 Å². The summed E-state index contributed by atoms with van der Waals surface area (Å²) >= 11 is 1.75. The first-order valence-corrected chi connectivity index (χ1v) is 8.42. The van der Waals surface area contributed by atoms with Crippen molar-refractivity contribution in [1.82, 2.24) is 15.3 Å². The van der Waals surface area contributed by atoms with Crippen LogP contribution in [0.15, 0.2) is 5.38 Å². The first-order valence-electron chi connectivity index (χ1n) is 7.54. The van der Waals surface area contributed by atoms with E-state index < -0.39 is 0 Å². The highest BCUT2D eigenvalue weighted by molar-refractivity contribution is 7.09. The van der Waals surface area contributed by atoms with Gasteiger partial charge < -0.3 is 4.90 Å². The van der Waals surface area contributed by atoms with Gasteiger partial charge in [0.25, 0.3) is 0 Å². The molecule has 0 radical (unpaired) electrons. The summed E-state index contributed by atoms with van der Waals surface area (Å²) in [6, 6.07) is 0.301. The van der Waals surface area contributed by atoms with Gasteiger partial charge in [-0.25, -0.2) is 4.98 Å². The largest absolute Gasteiger partial charge is 0.304 e. The van der Waals surface area contributed by atoms with Crippen LogP contribution in [0.25, 0.3) is 0 Å². The van der Waals surface area contributed by atoms with Gasteiger partial charge in [-0.1, -0.05) is 34.6 Å².